The number of amides is 1. The Morgan fingerprint density at radius 2 is 1.71 bits per heavy atom. The Labute approximate surface area is 151 Å². The molecule has 24 heavy (non-hydrogen) atoms. The fourth-order valence-electron chi connectivity index (χ4n) is 2.61. The molecule has 0 fully saturated rings. The predicted octanol–water partition coefficient (Wildman–Crippen LogP) is 3.29. The van der Waals surface area contributed by atoms with E-state index in [0.29, 0.717) is 16.1 Å². The number of fused-ring (bicyclic) bond motifs is 1. The van der Waals surface area contributed by atoms with Crippen LogP contribution in [0.5, 0.6) is 0 Å². The molecule has 1 aromatic heterocycles. The van der Waals surface area contributed by atoms with Crippen molar-refractivity contribution in [3.05, 3.63) is 22.2 Å². The highest BCUT2D eigenvalue weighted by atomic mass is 35.5. The summed E-state index contributed by atoms with van der Waals surface area (Å²) < 4.78 is 25.0. The zero-order valence-corrected chi connectivity index (χ0v) is 16.1. The van der Waals surface area contributed by atoms with Gasteiger partial charge in [0.15, 0.2) is 0 Å². The highest BCUT2D eigenvalue weighted by Crippen LogP contribution is 2.27. The SMILES string of the molecule is CC(C)N(C(=O)CS(=O)(=O)c1nc2cc(Cl)c(Cl)cc2[nH]1)C(C)C. The first kappa shape index (κ1) is 19.0. The van der Waals surface area contributed by atoms with Crippen LogP contribution in [-0.4, -0.2) is 47.0 Å². The number of H-pyrrole nitrogens is 1. The van der Waals surface area contributed by atoms with Crippen molar-refractivity contribution in [2.24, 2.45) is 0 Å². The van der Waals surface area contributed by atoms with Gasteiger partial charge in [-0.25, -0.2) is 13.4 Å². The second-order valence-corrected chi connectivity index (χ2v) is 8.79. The molecule has 0 spiro atoms. The fraction of sp³-hybridized carbons (Fsp3) is 0.467. The zero-order chi connectivity index (χ0) is 18.2. The van der Waals surface area contributed by atoms with E-state index in [1.807, 2.05) is 27.7 Å². The van der Waals surface area contributed by atoms with Crippen molar-refractivity contribution in [1.82, 2.24) is 14.9 Å². The number of nitrogens with zero attached hydrogens (tertiary/aromatic N) is 2. The highest BCUT2D eigenvalue weighted by molar-refractivity contribution is 7.91. The number of sulfone groups is 1. The van der Waals surface area contributed by atoms with Gasteiger partial charge in [0.25, 0.3) is 0 Å². The van der Waals surface area contributed by atoms with Crippen LogP contribution in [0.25, 0.3) is 11.0 Å². The Hall–Kier alpha value is -1.31. The molecule has 2 rings (SSSR count). The number of rotatable bonds is 5. The van der Waals surface area contributed by atoms with E-state index in [1.165, 1.54) is 17.0 Å². The lowest BCUT2D eigenvalue weighted by Gasteiger charge is -2.30. The number of hydrogen-bond acceptors (Lipinski definition) is 4. The lowest BCUT2D eigenvalue weighted by molar-refractivity contribution is -0.131. The van der Waals surface area contributed by atoms with E-state index in [-0.39, 0.29) is 22.3 Å². The smallest absolute Gasteiger partial charge is 0.238 e. The molecule has 0 aliphatic carbocycles. The molecule has 132 valence electrons. The molecule has 1 aromatic carbocycles. The minimum Gasteiger partial charge on any atom is -0.337 e. The summed E-state index contributed by atoms with van der Waals surface area (Å²) in [7, 11) is -3.90. The monoisotopic (exact) mass is 391 g/mol. The molecule has 0 saturated heterocycles. The molecule has 0 radical (unpaired) electrons. The summed E-state index contributed by atoms with van der Waals surface area (Å²) in [4.78, 5) is 20.7. The number of benzene rings is 1. The summed E-state index contributed by atoms with van der Waals surface area (Å²) in [6.07, 6.45) is 0. The van der Waals surface area contributed by atoms with Crippen LogP contribution in [0.15, 0.2) is 17.3 Å². The van der Waals surface area contributed by atoms with Crippen LogP contribution in [-0.2, 0) is 14.6 Å². The summed E-state index contributed by atoms with van der Waals surface area (Å²) in [6, 6.07) is 2.79. The van der Waals surface area contributed by atoms with Crippen molar-refractivity contribution in [2.45, 2.75) is 44.9 Å². The molecule has 1 amide bonds. The number of aromatic nitrogens is 2. The Bertz CT molecular complexity index is 828. The van der Waals surface area contributed by atoms with Gasteiger partial charge in [-0.2, -0.15) is 0 Å². The average molecular weight is 392 g/mol. The first-order chi connectivity index (χ1) is 11.0. The van der Waals surface area contributed by atoms with E-state index in [9.17, 15) is 13.2 Å². The maximum atomic E-state index is 12.5. The van der Waals surface area contributed by atoms with Crippen LogP contribution in [0.3, 0.4) is 0 Å². The molecule has 2 aromatic rings. The third-order valence-corrected chi connectivity index (χ3v) is 5.64. The lowest BCUT2D eigenvalue weighted by Crippen LogP contribution is -2.44. The zero-order valence-electron chi connectivity index (χ0n) is 13.8. The lowest BCUT2D eigenvalue weighted by atomic mass is 10.2. The van der Waals surface area contributed by atoms with E-state index in [4.69, 9.17) is 23.2 Å². The molecule has 0 bridgehead atoms. The third kappa shape index (κ3) is 3.84. The average Bonchev–Trinajstić information content (AvgIpc) is 2.81. The molecule has 0 atom stereocenters. The van der Waals surface area contributed by atoms with Crippen molar-refractivity contribution in [1.29, 1.82) is 0 Å². The molecule has 9 heteroatoms. The van der Waals surface area contributed by atoms with Crippen LogP contribution in [0, 0.1) is 0 Å². The molecular weight excluding hydrogens is 373 g/mol. The first-order valence-electron chi connectivity index (χ1n) is 7.41. The van der Waals surface area contributed by atoms with Crippen LogP contribution < -0.4 is 0 Å². The second-order valence-electron chi connectivity index (χ2n) is 6.07. The number of halogens is 2. The summed E-state index contributed by atoms with van der Waals surface area (Å²) in [5.41, 5.74) is 0.819. The Morgan fingerprint density at radius 3 is 2.25 bits per heavy atom. The normalized spacial score (nSPS) is 12.3. The highest BCUT2D eigenvalue weighted by Gasteiger charge is 2.29. The maximum absolute atomic E-state index is 12.5. The predicted molar refractivity (Wildman–Crippen MR) is 95.3 cm³/mol. The van der Waals surface area contributed by atoms with Crippen molar-refractivity contribution >= 4 is 50.0 Å². The van der Waals surface area contributed by atoms with E-state index < -0.39 is 21.5 Å². The molecule has 0 unspecified atom stereocenters. The number of hydrogen-bond donors (Lipinski definition) is 1. The van der Waals surface area contributed by atoms with Crippen molar-refractivity contribution in [2.75, 3.05) is 5.75 Å². The largest absolute Gasteiger partial charge is 0.337 e. The number of aromatic amines is 1. The Balaban J connectivity index is 2.35. The molecule has 0 aliphatic rings. The van der Waals surface area contributed by atoms with E-state index >= 15 is 0 Å². The topological polar surface area (TPSA) is 83.1 Å². The van der Waals surface area contributed by atoms with Gasteiger partial charge in [-0.1, -0.05) is 23.2 Å². The summed E-state index contributed by atoms with van der Waals surface area (Å²) >= 11 is 11.8. The standard InChI is InChI=1S/C15H19Cl2N3O3S/c1-8(2)20(9(3)4)14(21)7-24(22,23)15-18-12-5-10(16)11(17)6-13(12)19-15/h5-6,8-9H,7H2,1-4H3,(H,18,19). The molecule has 1 heterocycles. The van der Waals surface area contributed by atoms with Gasteiger partial charge in [-0.3, -0.25) is 4.79 Å². The molecule has 6 nitrogen and oxygen atoms in total. The van der Waals surface area contributed by atoms with E-state index in [2.05, 4.69) is 9.97 Å². The maximum Gasteiger partial charge on any atom is 0.238 e. The van der Waals surface area contributed by atoms with Gasteiger partial charge in [0.2, 0.25) is 20.9 Å². The van der Waals surface area contributed by atoms with Crippen LogP contribution in [0.1, 0.15) is 27.7 Å². The minimum absolute atomic E-state index is 0.0963. The van der Waals surface area contributed by atoms with Crippen molar-refractivity contribution in [3.63, 3.8) is 0 Å². The first-order valence-corrected chi connectivity index (χ1v) is 9.82. The number of carbonyl (C=O) groups excluding carboxylic acids is 1. The number of imidazole rings is 1. The van der Waals surface area contributed by atoms with Crippen LogP contribution in [0.4, 0.5) is 0 Å². The summed E-state index contributed by atoms with van der Waals surface area (Å²) in [5.74, 6) is -1.11. The molecule has 0 aliphatic heterocycles. The van der Waals surface area contributed by atoms with Gasteiger partial charge in [-0.05, 0) is 39.8 Å². The Kier molecular flexibility index (Phi) is 5.47. The fourth-order valence-corrected chi connectivity index (χ4v) is 4.04. The molecular formula is C15H19Cl2N3O3S. The van der Waals surface area contributed by atoms with Crippen molar-refractivity contribution < 1.29 is 13.2 Å². The van der Waals surface area contributed by atoms with Crippen LogP contribution >= 0.6 is 23.2 Å². The second kappa shape index (κ2) is 6.90. The van der Waals surface area contributed by atoms with E-state index in [0.717, 1.165) is 0 Å². The number of carbonyl (C=O) groups is 1. The van der Waals surface area contributed by atoms with Gasteiger partial charge in [0.1, 0.15) is 5.75 Å². The van der Waals surface area contributed by atoms with Gasteiger partial charge in [0, 0.05) is 12.1 Å². The van der Waals surface area contributed by atoms with Crippen LogP contribution in [0.2, 0.25) is 10.0 Å². The van der Waals surface area contributed by atoms with Crippen molar-refractivity contribution in [3.8, 4) is 0 Å². The minimum atomic E-state index is -3.90. The van der Waals surface area contributed by atoms with Gasteiger partial charge in [-0.15, -0.1) is 0 Å². The van der Waals surface area contributed by atoms with E-state index in [1.54, 1.807) is 0 Å². The van der Waals surface area contributed by atoms with Gasteiger partial charge < -0.3 is 9.88 Å². The molecule has 0 saturated carbocycles. The number of nitrogens with one attached hydrogen (secondary N) is 1. The quantitative estimate of drug-likeness (QED) is 0.847. The molecule has 1 N–H and O–H groups in total. The third-order valence-electron chi connectivity index (χ3n) is 3.51. The van der Waals surface area contributed by atoms with Gasteiger partial charge >= 0.3 is 0 Å². The van der Waals surface area contributed by atoms with Gasteiger partial charge in [0.05, 0.1) is 21.1 Å². The summed E-state index contributed by atoms with van der Waals surface area (Å²) in [5, 5.41) is 0.303. The Morgan fingerprint density at radius 1 is 1.17 bits per heavy atom. The summed E-state index contributed by atoms with van der Waals surface area (Å²) in [6.45, 7) is 7.37.